The van der Waals surface area contributed by atoms with Crippen molar-refractivity contribution < 1.29 is 5.11 Å². The molecule has 0 spiro atoms. The summed E-state index contributed by atoms with van der Waals surface area (Å²) in [7, 11) is 0. The summed E-state index contributed by atoms with van der Waals surface area (Å²) >= 11 is 0. The second-order valence-electron chi connectivity index (χ2n) is 5.87. The molecule has 1 N–H and O–H groups in total. The lowest BCUT2D eigenvalue weighted by Crippen LogP contribution is -2.25. The van der Waals surface area contributed by atoms with Gasteiger partial charge in [-0.3, -0.25) is 9.97 Å². The number of aliphatic hydroxyl groups excluding tert-OH is 1. The lowest BCUT2D eigenvalue weighted by atomic mass is 9.73. The summed E-state index contributed by atoms with van der Waals surface area (Å²) in [5, 5.41) is 10.8. The summed E-state index contributed by atoms with van der Waals surface area (Å²) in [5.41, 5.74) is 2.75. The second-order valence-corrected chi connectivity index (χ2v) is 5.87. The molecule has 2 aromatic rings. The molecular weight excluding hydrogens is 248 g/mol. The third-order valence-corrected chi connectivity index (χ3v) is 4.73. The molecule has 1 aliphatic carbocycles. The molecule has 0 radical (unpaired) electrons. The zero-order chi connectivity index (χ0) is 13.9. The minimum absolute atomic E-state index is 0.369. The maximum Gasteiger partial charge on any atom is 0.0890 e. The van der Waals surface area contributed by atoms with E-state index in [1.807, 2.05) is 18.2 Å². The van der Waals surface area contributed by atoms with Gasteiger partial charge in [0.1, 0.15) is 0 Å². The Kier molecular flexibility index (Phi) is 3.97. The maximum atomic E-state index is 10.8. The Balaban J connectivity index is 1.89. The summed E-state index contributed by atoms with van der Waals surface area (Å²) in [6, 6.07) is 5.96. The predicted octanol–water partition coefficient (Wildman–Crippen LogP) is 3.88. The molecule has 3 unspecified atom stereocenters. The Morgan fingerprint density at radius 2 is 1.90 bits per heavy atom. The smallest absolute Gasteiger partial charge is 0.0890 e. The van der Waals surface area contributed by atoms with Gasteiger partial charge in [0.2, 0.25) is 0 Å². The molecule has 3 nitrogen and oxygen atoms in total. The van der Waals surface area contributed by atoms with Gasteiger partial charge >= 0.3 is 0 Å². The average molecular weight is 270 g/mol. The molecule has 0 bridgehead atoms. The topological polar surface area (TPSA) is 46.0 Å². The van der Waals surface area contributed by atoms with Crippen molar-refractivity contribution in [2.45, 2.75) is 45.1 Å². The number of hydrogen-bond donors (Lipinski definition) is 1. The SMILES string of the molecule is CCC1CCCCC1C(O)c1ccc2nccnc2c1. The van der Waals surface area contributed by atoms with Crippen LogP contribution < -0.4 is 0 Å². The first-order valence-corrected chi connectivity index (χ1v) is 7.68. The van der Waals surface area contributed by atoms with Gasteiger partial charge in [-0.2, -0.15) is 0 Å². The molecule has 3 atom stereocenters. The molecule has 3 rings (SSSR count). The Bertz CT molecular complexity index is 584. The fraction of sp³-hybridized carbons (Fsp3) is 0.529. The normalized spacial score (nSPS) is 24.7. The van der Waals surface area contributed by atoms with Crippen LogP contribution in [0, 0.1) is 11.8 Å². The van der Waals surface area contributed by atoms with E-state index in [4.69, 9.17) is 0 Å². The van der Waals surface area contributed by atoms with Crippen molar-refractivity contribution in [3.63, 3.8) is 0 Å². The van der Waals surface area contributed by atoms with E-state index >= 15 is 0 Å². The van der Waals surface area contributed by atoms with Gasteiger partial charge in [-0.15, -0.1) is 0 Å². The lowest BCUT2D eigenvalue weighted by molar-refractivity contribution is 0.0453. The lowest BCUT2D eigenvalue weighted by Gasteiger charge is -2.34. The molecule has 0 aliphatic heterocycles. The number of benzene rings is 1. The highest BCUT2D eigenvalue weighted by Gasteiger charge is 2.30. The van der Waals surface area contributed by atoms with Crippen molar-refractivity contribution in [1.82, 2.24) is 9.97 Å². The van der Waals surface area contributed by atoms with Crippen LogP contribution in [-0.2, 0) is 0 Å². The van der Waals surface area contributed by atoms with E-state index < -0.39 is 0 Å². The molecule has 1 saturated carbocycles. The zero-order valence-corrected chi connectivity index (χ0v) is 12.0. The Labute approximate surface area is 120 Å². The van der Waals surface area contributed by atoms with Crippen LogP contribution in [0.5, 0.6) is 0 Å². The molecule has 1 aromatic carbocycles. The third-order valence-electron chi connectivity index (χ3n) is 4.73. The van der Waals surface area contributed by atoms with Crippen molar-refractivity contribution in [3.05, 3.63) is 36.2 Å². The third kappa shape index (κ3) is 2.55. The molecule has 1 aromatic heterocycles. The van der Waals surface area contributed by atoms with Crippen molar-refractivity contribution >= 4 is 11.0 Å². The Morgan fingerprint density at radius 3 is 2.70 bits per heavy atom. The van der Waals surface area contributed by atoms with Crippen LogP contribution in [0.15, 0.2) is 30.6 Å². The van der Waals surface area contributed by atoms with E-state index in [0.717, 1.165) is 29.4 Å². The maximum absolute atomic E-state index is 10.8. The number of hydrogen-bond acceptors (Lipinski definition) is 3. The minimum atomic E-state index is -0.369. The van der Waals surface area contributed by atoms with Crippen LogP contribution in [-0.4, -0.2) is 15.1 Å². The molecule has 0 amide bonds. The van der Waals surface area contributed by atoms with Crippen molar-refractivity contribution in [3.8, 4) is 0 Å². The van der Waals surface area contributed by atoms with Crippen molar-refractivity contribution in [1.29, 1.82) is 0 Å². The molecule has 0 saturated heterocycles. The molecule has 1 fully saturated rings. The van der Waals surface area contributed by atoms with Crippen molar-refractivity contribution in [2.24, 2.45) is 11.8 Å². The van der Waals surface area contributed by atoms with E-state index in [2.05, 4.69) is 16.9 Å². The summed E-state index contributed by atoms with van der Waals surface area (Å²) in [6.45, 7) is 2.24. The highest BCUT2D eigenvalue weighted by atomic mass is 16.3. The van der Waals surface area contributed by atoms with Gasteiger partial charge < -0.3 is 5.11 Å². The molecule has 1 aliphatic rings. The number of aliphatic hydroxyl groups is 1. The number of fused-ring (bicyclic) bond motifs is 1. The standard InChI is InChI=1S/C17H22N2O/c1-2-12-5-3-4-6-14(12)17(20)13-7-8-15-16(11-13)19-10-9-18-15/h7-12,14,17,20H,2-6H2,1H3. The summed E-state index contributed by atoms with van der Waals surface area (Å²) in [6.07, 6.45) is 9.14. The summed E-state index contributed by atoms with van der Waals surface area (Å²) in [5.74, 6) is 1.04. The summed E-state index contributed by atoms with van der Waals surface area (Å²) in [4.78, 5) is 8.62. The first kappa shape index (κ1) is 13.5. The van der Waals surface area contributed by atoms with Crippen LogP contribution >= 0.6 is 0 Å². The van der Waals surface area contributed by atoms with Gasteiger partial charge in [0.15, 0.2) is 0 Å². The van der Waals surface area contributed by atoms with E-state index in [0.29, 0.717) is 11.8 Å². The predicted molar refractivity (Wildman–Crippen MR) is 80.2 cm³/mol. The molecule has 1 heterocycles. The van der Waals surface area contributed by atoms with E-state index in [1.54, 1.807) is 12.4 Å². The van der Waals surface area contributed by atoms with Crippen LogP contribution in [0.1, 0.15) is 50.7 Å². The number of rotatable bonds is 3. The average Bonchev–Trinajstić information content (AvgIpc) is 2.53. The molecule has 106 valence electrons. The monoisotopic (exact) mass is 270 g/mol. The molecule has 20 heavy (non-hydrogen) atoms. The van der Waals surface area contributed by atoms with E-state index in [-0.39, 0.29) is 6.10 Å². The summed E-state index contributed by atoms with van der Waals surface area (Å²) < 4.78 is 0. The number of aromatic nitrogens is 2. The Morgan fingerprint density at radius 1 is 1.15 bits per heavy atom. The molecular formula is C17H22N2O. The van der Waals surface area contributed by atoms with E-state index in [9.17, 15) is 5.11 Å². The van der Waals surface area contributed by atoms with E-state index in [1.165, 1.54) is 19.3 Å². The van der Waals surface area contributed by atoms with Crippen LogP contribution in [0.4, 0.5) is 0 Å². The first-order chi connectivity index (χ1) is 9.79. The van der Waals surface area contributed by atoms with Gasteiger partial charge in [-0.25, -0.2) is 0 Å². The fourth-order valence-electron chi connectivity index (χ4n) is 3.57. The zero-order valence-electron chi connectivity index (χ0n) is 12.0. The molecule has 3 heteroatoms. The Hall–Kier alpha value is -1.48. The number of nitrogens with zero attached hydrogens (tertiary/aromatic N) is 2. The van der Waals surface area contributed by atoms with Crippen LogP contribution in [0.2, 0.25) is 0 Å². The second kappa shape index (κ2) is 5.88. The van der Waals surface area contributed by atoms with Crippen LogP contribution in [0.3, 0.4) is 0 Å². The fourth-order valence-corrected chi connectivity index (χ4v) is 3.57. The van der Waals surface area contributed by atoms with Gasteiger partial charge in [0.25, 0.3) is 0 Å². The highest BCUT2D eigenvalue weighted by molar-refractivity contribution is 5.74. The van der Waals surface area contributed by atoms with Gasteiger partial charge in [0, 0.05) is 12.4 Å². The van der Waals surface area contributed by atoms with Gasteiger partial charge in [0.05, 0.1) is 17.1 Å². The minimum Gasteiger partial charge on any atom is -0.388 e. The van der Waals surface area contributed by atoms with Gasteiger partial charge in [-0.05, 0) is 36.0 Å². The van der Waals surface area contributed by atoms with Crippen LogP contribution in [0.25, 0.3) is 11.0 Å². The highest BCUT2D eigenvalue weighted by Crippen LogP contribution is 2.40. The quantitative estimate of drug-likeness (QED) is 0.920. The largest absolute Gasteiger partial charge is 0.388 e. The first-order valence-electron chi connectivity index (χ1n) is 7.68. The van der Waals surface area contributed by atoms with Gasteiger partial charge in [-0.1, -0.05) is 38.7 Å². The van der Waals surface area contributed by atoms with Crippen molar-refractivity contribution in [2.75, 3.05) is 0 Å².